The first kappa shape index (κ1) is 24.1. The van der Waals surface area contributed by atoms with Gasteiger partial charge >= 0.3 is 6.03 Å². The number of urea groups is 1. The van der Waals surface area contributed by atoms with Gasteiger partial charge in [0.25, 0.3) is 5.91 Å². The molecule has 35 heavy (non-hydrogen) atoms. The normalized spacial score (nSPS) is 13.2. The minimum absolute atomic E-state index is 0.195. The van der Waals surface area contributed by atoms with Crippen LogP contribution in [-0.4, -0.2) is 32.1 Å². The first-order valence-corrected chi connectivity index (χ1v) is 11.9. The van der Waals surface area contributed by atoms with E-state index in [4.69, 9.17) is 4.74 Å². The van der Waals surface area contributed by atoms with Crippen molar-refractivity contribution in [2.75, 3.05) is 41.0 Å². The number of carbonyl (C=O) groups excluding carboxylic acids is 2. The van der Waals surface area contributed by atoms with Gasteiger partial charge in [0.2, 0.25) is 0 Å². The van der Waals surface area contributed by atoms with Crippen molar-refractivity contribution in [2.24, 2.45) is 0 Å². The van der Waals surface area contributed by atoms with E-state index in [-0.39, 0.29) is 11.9 Å². The molecule has 7 heteroatoms. The standard InChI is InChI=1S/C28H32N4O3/c1-19-8-7-9-21(16-19)27(33)29-22-11-12-25(32-14-5-4-6-15-32)23(18-22)30-28(34)31-24-17-20(2)10-13-26(24)35-3/h7-13,16-18H,4-6,14-15H2,1-3H3,(H,29,33)(H2,30,31,34). The van der Waals surface area contributed by atoms with Gasteiger partial charge in [-0.05, 0) is 81.1 Å². The molecule has 0 atom stereocenters. The van der Waals surface area contributed by atoms with E-state index >= 15 is 0 Å². The lowest BCUT2D eigenvalue weighted by Crippen LogP contribution is -2.31. The minimum Gasteiger partial charge on any atom is -0.495 e. The number of nitrogens with zero attached hydrogens (tertiary/aromatic N) is 1. The van der Waals surface area contributed by atoms with Crippen LogP contribution in [0.15, 0.2) is 60.7 Å². The highest BCUT2D eigenvalue weighted by molar-refractivity contribution is 6.06. The Balaban J connectivity index is 1.58. The van der Waals surface area contributed by atoms with Crippen molar-refractivity contribution < 1.29 is 14.3 Å². The van der Waals surface area contributed by atoms with E-state index in [0.717, 1.165) is 42.7 Å². The second-order valence-electron chi connectivity index (χ2n) is 8.89. The third kappa shape index (κ3) is 6.12. The number of carbonyl (C=O) groups is 2. The van der Waals surface area contributed by atoms with Gasteiger partial charge in [0.05, 0.1) is 24.2 Å². The predicted molar refractivity (Wildman–Crippen MR) is 142 cm³/mol. The Morgan fingerprint density at radius 3 is 2.29 bits per heavy atom. The molecule has 0 radical (unpaired) electrons. The van der Waals surface area contributed by atoms with Crippen molar-refractivity contribution >= 4 is 34.7 Å². The molecular weight excluding hydrogens is 440 g/mol. The Labute approximate surface area is 206 Å². The molecule has 0 spiro atoms. The molecule has 3 amide bonds. The summed E-state index contributed by atoms with van der Waals surface area (Å²) in [5.74, 6) is 0.389. The van der Waals surface area contributed by atoms with Crippen LogP contribution in [-0.2, 0) is 0 Å². The van der Waals surface area contributed by atoms with Gasteiger partial charge in [0.1, 0.15) is 5.75 Å². The maximum atomic E-state index is 13.0. The van der Waals surface area contributed by atoms with Crippen LogP contribution in [0.5, 0.6) is 5.75 Å². The molecule has 0 bridgehead atoms. The highest BCUT2D eigenvalue weighted by Gasteiger charge is 2.18. The average Bonchev–Trinajstić information content (AvgIpc) is 2.85. The number of rotatable bonds is 6. The fourth-order valence-corrected chi connectivity index (χ4v) is 4.31. The minimum atomic E-state index is -0.380. The molecule has 3 aromatic rings. The zero-order chi connectivity index (χ0) is 24.8. The van der Waals surface area contributed by atoms with Crippen LogP contribution in [0.2, 0.25) is 0 Å². The summed E-state index contributed by atoms with van der Waals surface area (Å²) >= 11 is 0. The van der Waals surface area contributed by atoms with Crippen LogP contribution >= 0.6 is 0 Å². The van der Waals surface area contributed by atoms with Crippen LogP contribution < -0.4 is 25.6 Å². The summed E-state index contributed by atoms with van der Waals surface area (Å²) in [4.78, 5) is 28.1. The molecule has 182 valence electrons. The van der Waals surface area contributed by atoms with Gasteiger partial charge in [0, 0.05) is 24.3 Å². The molecule has 0 saturated carbocycles. The Morgan fingerprint density at radius 1 is 0.800 bits per heavy atom. The zero-order valence-electron chi connectivity index (χ0n) is 20.5. The number of piperidine rings is 1. The molecule has 1 fully saturated rings. The molecule has 4 rings (SSSR count). The highest BCUT2D eigenvalue weighted by Crippen LogP contribution is 2.32. The third-order valence-corrected chi connectivity index (χ3v) is 6.08. The van der Waals surface area contributed by atoms with Crippen LogP contribution in [0, 0.1) is 13.8 Å². The number of nitrogens with one attached hydrogen (secondary N) is 3. The second-order valence-corrected chi connectivity index (χ2v) is 8.89. The Morgan fingerprint density at radius 2 is 1.54 bits per heavy atom. The van der Waals surface area contributed by atoms with Crippen molar-refractivity contribution in [3.63, 3.8) is 0 Å². The lowest BCUT2D eigenvalue weighted by atomic mass is 10.1. The van der Waals surface area contributed by atoms with Crippen molar-refractivity contribution in [3.05, 3.63) is 77.4 Å². The second kappa shape index (κ2) is 11.0. The van der Waals surface area contributed by atoms with Crippen LogP contribution in [0.3, 0.4) is 0 Å². The van der Waals surface area contributed by atoms with E-state index in [0.29, 0.717) is 28.4 Å². The summed E-state index contributed by atoms with van der Waals surface area (Å²) in [5.41, 5.74) is 5.39. The molecule has 0 unspecified atom stereocenters. The first-order valence-electron chi connectivity index (χ1n) is 11.9. The fraction of sp³-hybridized carbons (Fsp3) is 0.286. The largest absolute Gasteiger partial charge is 0.495 e. The summed E-state index contributed by atoms with van der Waals surface area (Å²) in [6.45, 7) is 5.76. The quantitative estimate of drug-likeness (QED) is 0.399. The summed E-state index contributed by atoms with van der Waals surface area (Å²) in [6, 6.07) is 18.3. The van der Waals surface area contributed by atoms with Crippen molar-refractivity contribution in [3.8, 4) is 5.75 Å². The number of aryl methyl sites for hydroxylation is 2. The van der Waals surface area contributed by atoms with Crippen molar-refractivity contribution in [1.82, 2.24) is 0 Å². The molecule has 1 saturated heterocycles. The summed E-state index contributed by atoms with van der Waals surface area (Å²) in [5, 5.41) is 8.84. The van der Waals surface area contributed by atoms with E-state index in [1.807, 2.05) is 68.4 Å². The van der Waals surface area contributed by atoms with Gasteiger partial charge in [-0.1, -0.05) is 23.8 Å². The van der Waals surface area contributed by atoms with E-state index < -0.39 is 0 Å². The lowest BCUT2D eigenvalue weighted by molar-refractivity contribution is 0.102. The number of hydrogen-bond donors (Lipinski definition) is 3. The van der Waals surface area contributed by atoms with E-state index in [1.165, 1.54) is 6.42 Å². The smallest absolute Gasteiger partial charge is 0.323 e. The number of methoxy groups -OCH3 is 1. The van der Waals surface area contributed by atoms with Crippen LogP contribution in [0.25, 0.3) is 0 Å². The maximum Gasteiger partial charge on any atom is 0.323 e. The molecule has 1 aliphatic rings. The Hall–Kier alpha value is -4.00. The van der Waals surface area contributed by atoms with E-state index in [9.17, 15) is 9.59 Å². The van der Waals surface area contributed by atoms with Gasteiger partial charge in [-0.2, -0.15) is 0 Å². The van der Waals surface area contributed by atoms with Crippen LogP contribution in [0.4, 0.5) is 27.5 Å². The number of amides is 3. The summed E-state index contributed by atoms with van der Waals surface area (Å²) in [6.07, 6.45) is 3.42. The number of anilines is 4. The molecular formula is C28H32N4O3. The van der Waals surface area contributed by atoms with E-state index in [2.05, 4.69) is 20.9 Å². The molecule has 1 aliphatic heterocycles. The third-order valence-electron chi connectivity index (χ3n) is 6.08. The van der Waals surface area contributed by atoms with Gasteiger partial charge < -0.3 is 25.6 Å². The van der Waals surface area contributed by atoms with E-state index in [1.54, 1.807) is 13.2 Å². The maximum absolute atomic E-state index is 13.0. The number of hydrogen-bond acceptors (Lipinski definition) is 4. The Bertz CT molecular complexity index is 1220. The number of benzene rings is 3. The highest BCUT2D eigenvalue weighted by atomic mass is 16.5. The molecule has 0 aliphatic carbocycles. The molecule has 3 N–H and O–H groups in total. The summed E-state index contributed by atoms with van der Waals surface area (Å²) < 4.78 is 5.39. The van der Waals surface area contributed by atoms with Gasteiger partial charge in [0.15, 0.2) is 0 Å². The monoisotopic (exact) mass is 472 g/mol. The van der Waals surface area contributed by atoms with Crippen LogP contribution in [0.1, 0.15) is 40.7 Å². The average molecular weight is 473 g/mol. The molecule has 3 aromatic carbocycles. The van der Waals surface area contributed by atoms with Crippen molar-refractivity contribution in [1.29, 1.82) is 0 Å². The zero-order valence-corrected chi connectivity index (χ0v) is 20.5. The van der Waals surface area contributed by atoms with Gasteiger partial charge in [-0.25, -0.2) is 4.79 Å². The first-order chi connectivity index (χ1) is 16.9. The van der Waals surface area contributed by atoms with Gasteiger partial charge in [-0.3, -0.25) is 4.79 Å². The molecule has 7 nitrogen and oxygen atoms in total. The topological polar surface area (TPSA) is 82.7 Å². The fourth-order valence-electron chi connectivity index (χ4n) is 4.31. The Kier molecular flexibility index (Phi) is 7.55. The lowest BCUT2D eigenvalue weighted by Gasteiger charge is -2.31. The van der Waals surface area contributed by atoms with Gasteiger partial charge in [-0.15, -0.1) is 0 Å². The predicted octanol–water partition coefficient (Wildman–Crippen LogP) is 6.20. The van der Waals surface area contributed by atoms with Crippen molar-refractivity contribution in [2.45, 2.75) is 33.1 Å². The number of ether oxygens (including phenoxy) is 1. The SMILES string of the molecule is COc1ccc(C)cc1NC(=O)Nc1cc(NC(=O)c2cccc(C)c2)ccc1N1CCCCC1. The summed E-state index contributed by atoms with van der Waals surface area (Å²) in [7, 11) is 1.57. The molecule has 1 heterocycles. The molecule has 0 aromatic heterocycles.